The van der Waals surface area contributed by atoms with Crippen LogP contribution in [0.15, 0.2) is 76.9 Å². The number of nitrogens with zero attached hydrogens (tertiary/aromatic N) is 3. The van der Waals surface area contributed by atoms with Crippen molar-refractivity contribution in [1.29, 1.82) is 0 Å². The summed E-state index contributed by atoms with van der Waals surface area (Å²) in [5.74, 6) is 2.07. The highest BCUT2D eigenvalue weighted by atomic mass is 32.1. The Morgan fingerprint density at radius 1 is 0.964 bits per heavy atom. The molecular weight excluding hydrogens is 390 g/mol. The van der Waals surface area contributed by atoms with Crippen LogP contribution in [0.2, 0.25) is 0 Å². The second-order valence-corrected chi connectivity index (χ2v) is 7.97. The molecule has 0 N–H and O–H groups in total. The van der Waals surface area contributed by atoms with E-state index in [-0.39, 0.29) is 5.56 Å². The average Bonchev–Trinajstić information content (AvgIpc) is 3.42. The van der Waals surface area contributed by atoms with Gasteiger partial charge in [-0.3, -0.25) is 4.79 Å². The summed E-state index contributed by atoms with van der Waals surface area (Å²) in [6.45, 7) is 0. The highest BCUT2D eigenvalue weighted by Gasteiger charge is 2.12. The summed E-state index contributed by atoms with van der Waals surface area (Å²) in [5.41, 5.74) is 0.721. The number of hydrogen-bond donors (Lipinski definition) is 0. The predicted octanol–water partition coefficient (Wildman–Crippen LogP) is 4.22. The number of benzene rings is 2. The first-order chi connectivity index (χ1) is 13.8. The van der Waals surface area contributed by atoms with Crippen molar-refractivity contribution in [3.63, 3.8) is 0 Å². The Kier molecular flexibility index (Phi) is 4.23. The first kappa shape index (κ1) is 16.9. The zero-order chi connectivity index (χ0) is 18.9. The molecule has 5 aromatic rings. The zero-order valence-corrected chi connectivity index (χ0v) is 16.1. The molecule has 5 nitrogen and oxygen atoms in total. The molecule has 5 rings (SSSR count). The fourth-order valence-corrected chi connectivity index (χ4v) is 4.35. The summed E-state index contributed by atoms with van der Waals surface area (Å²) in [6.07, 6.45) is 1.84. The number of para-hydroxylation sites is 1. The minimum absolute atomic E-state index is 0.162. The Balaban J connectivity index is 1.50. The molecule has 0 saturated heterocycles. The summed E-state index contributed by atoms with van der Waals surface area (Å²) in [4.78, 5) is 18.7. The lowest BCUT2D eigenvalue weighted by molar-refractivity contribution is 0.482. The fraction of sp³-hybridized carbons (Fsp3) is 0. The highest BCUT2D eigenvalue weighted by Crippen LogP contribution is 2.23. The van der Waals surface area contributed by atoms with Gasteiger partial charge >= 0.3 is 0 Å². The molecule has 136 valence electrons. The molecule has 0 saturated carbocycles. The third-order valence-corrected chi connectivity index (χ3v) is 5.88. The van der Waals surface area contributed by atoms with Gasteiger partial charge in [-0.25, -0.2) is 0 Å². The third-order valence-electron chi connectivity index (χ3n) is 4.06. The second-order valence-electron chi connectivity index (χ2n) is 6.01. The minimum Gasteiger partial charge on any atom is -0.457 e. The number of thiazole rings is 1. The second kappa shape index (κ2) is 7.03. The first-order valence-corrected chi connectivity index (χ1v) is 10.2. The van der Waals surface area contributed by atoms with E-state index in [4.69, 9.17) is 4.74 Å². The lowest BCUT2D eigenvalue weighted by atomic mass is 10.2. The Morgan fingerprint density at radius 3 is 2.61 bits per heavy atom. The van der Waals surface area contributed by atoms with Crippen LogP contribution in [-0.4, -0.2) is 14.6 Å². The Morgan fingerprint density at radius 2 is 1.82 bits per heavy atom. The number of rotatable bonds is 4. The quantitative estimate of drug-likeness (QED) is 0.451. The molecule has 0 spiro atoms. The van der Waals surface area contributed by atoms with Gasteiger partial charge in [0.25, 0.3) is 5.56 Å². The van der Waals surface area contributed by atoms with Gasteiger partial charge in [-0.1, -0.05) is 47.7 Å². The topological polar surface area (TPSA) is 56.5 Å². The van der Waals surface area contributed by atoms with E-state index >= 15 is 0 Å². The van der Waals surface area contributed by atoms with Gasteiger partial charge in [0, 0.05) is 0 Å². The molecule has 2 aromatic carbocycles. The standard InChI is InChI=1S/C21H13N3O2S2/c25-20-18(28-21-22-19(23-24(20)21)17-10-5-11-27-17)13-14-6-4-9-16(12-14)26-15-7-2-1-3-8-15/h1-13H. The molecule has 28 heavy (non-hydrogen) atoms. The maximum Gasteiger partial charge on any atom is 0.291 e. The van der Waals surface area contributed by atoms with Crippen LogP contribution in [0.1, 0.15) is 5.56 Å². The van der Waals surface area contributed by atoms with Crippen molar-refractivity contribution in [2.24, 2.45) is 0 Å². The third kappa shape index (κ3) is 3.21. The molecule has 0 bridgehead atoms. The van der Waals surface area contributed by atoms with Crippen molar-refractivity contribution in [2.75, 3.05) is 0 Å². The van der Waals surface area contributed by atoms with Crippen LogP contribution in [0, 0.1) is 0 Å². The number of thiophene rings is 1. The lowest BCUT2D eigenvalue weighted by Crippen LogP contribution is -2.23. The fourth-order valence-electron chi connectivity index (χ4n) is 2.79. The number of ether oxygens (including phenoxy) is 1. The smallest absolute Gasteiger partial charge is 0.291 e. The Labute approximate surface area is 167 Å². The van der Waals surface area contributed by atoms with Crippen molar-refractivity contribution in [3.8, 4) is 22.2 Å². The molecule has 7 heteroatoms. The monoisotopic (exact) mass is 403 g/mol. The van der Waals surface area contributed by atoms with Gasteiger partial charge < -0.3 is 4.74 Å². The van der Waals surface area contributed by atoms with Crippen LogP contribution in [-0.2, 0) is 0 Å². The van der Waals surface area contributed by atoms with Crippen molar-refractivity contribution in [1.82, 2.24) is 14.6 Å². The summed E-state index contributed by atoms with van der Waals surface area (Å²) >= 11 is 2.88. The van der Waals surface area contributed by atoms with Crippen LogP contribution in [0.4, 0.5) is 0 Å². The van der Waals surface area contributed by atoms with Crippen LogP contribution in [0.25, 0.3) is 21.7 Å². The molecule has 0 aliphatic carbocycles. The van der Waals surface area contributed by atoms with Gasteiger partial charge in [0.15, 0.2) is 5.82 Å². The van der Waals surface area contributed by atoms with Gasteiger partial charge in [0.2, 0.25) is 4.96 Å². The van der Waals surface area contributed by atoms with Crippen molar-refractivity contribution < 1.29 is 4.74 Å². The maximum atomic E-state index is 12.7. The van der Waals surface area contributed by atoms with E-state index in [0.29, 0.717) is 21.1 Å². The van der Waals surface area contributed by atoms with Gasteiger partial charge in [-0.05, 0) is 47.4 Å². The molecular formula is C21H13N3O2S2. The molecule has 0 atom stereocenters. The van der Waals surface area contributed by atoms with E-state index in [1.807, 2.05) is 78.2 Å². The molecule has 3 aromatic heterocycles. The van der Waals surface area contributed by atoms with Gasteiger partial charge in [-0.15, -0.1) is 16.4 Å². The molecule has 0 unspecified atom stereocenters. The van der Waals surface area contributed by atoms with Crippen molar-refractivity contribution >= 4 is 33.7 Å². The molecule has 0 aliphatic heterocycles. The first-order valence-electron chi connectivity index (χ1n) is 8.54. The summed E-state index contributed by atoms with van der Waals surface area (Å²) in [7, 11) is 0. The number of hydrogen-bond acceptors (Lipinski definition) is 6. The zero-order valence-electron chi connectivity index (χ0n) is 14.5. The van der Waals surface area contributed by atoms with Crippen LogP contribution < -0.4 is 14.8 Å². The van der Waals surface area contributed by atoms with E-state index in [0.717, 1.165) is 16.2 Å². The number of aromatic nitrogens is 3. The molecule has 0 aliphatic rings. The Hall–Kier alpha value is -3.29. The van der Waals surface area contributed by atoms with Gasteiger partial charge in [0.1, 0.15) is 11.5 Å². The summed E-state index contributed by atoms with van der Waals surface area (Å²) in [6, 6.07) is 21.1. The highest BCUT2D eigenvalue weighted by molar-refractivity contribution is 7.15. The van der Waals surface area contributed by atoms with E-state index in [9.17, 15) is 4.79 Å². The summed E-state index contributed by atoms with van der Waals surface area (Å²) in [5, 5.41) is 6.32. The Bertz CT molecular complexity index is 1360. The van der Waals surface area contributed by atoms with Crippen LogP contribution in [0.5, 0.6) is 11.5 Å². The van der Waals surface area contributed by atoms with Crippen LogP contribution >= 0.6 is 22.7 Å². The van der Waals surface area contributed by atoms with E-state index in [1.165, 1.54) is 15.9 Å². The van der Waals surface area contributed by atoms with Crippen molar-refractivity contribution in [2.45, 2.75) is 0 Å². The normalized spacial score (nSPS) is 11.9. The van der Waals surface area contributed by atoms with Crippen molar-refractivity contribution in [3.05, 3.63) is 92.6 Å². The number of fused-ring (bicyclic) bond motifs is 1. The van der Waals surface area contributed by atoms with Gasteiger partial charge in [0.05, 0.1) is 9.41 Å². The maximum absolute atomic E-state index is 12.7. The SMILES string of the molecule is O=c1c(=Cc2cccc(Oc3ccccc3)c2)sc2nc(-c3cccs3)nn12. The van der Waals surface area contributed by atoms with Crippen LogP contribution in [0.3, 0.4) is 0 Å². The molecule has 3 heterocycles. The average molecular weight is 403 g/mol. The largest absolute Gasteiger partial charge is 0.457 e. The molecule has 0 radical (unpaired) electrons. The molecule has 0 amide bonds. The van der Waals surface area contributed by atoms with Gasteiger partial charge in [-0.2, -0.15) is 9.50 Å². The van der Waals surface area contributed by atoms with E-state index in [2.05, 4.69) is 10.1 Å². The molecule has 0 fully saturated rings. The van der Waals surface area contributed by atoms with E-state index in [1.54, 1.807) is 11.3 Å². The lowest BCUT2D eigenvalue weighted by Gasteiger charge is -2.05. The van der Waals surface area contributed by atoms with E-state index < -0.39 is 0 Å². The minimum atomic E-state index is -0.162. The predicted molar refractivity (Wildman–Crippen MR) is 112 cm³/mol. The summed E-state index contributed by atoms with van der Waals surface area (Å²) < 4.78 is 7.82.